The van der Waals surface area contributed by atoms with Gasteiger partial charge in [-0.3, -0.25) is 4.79 Å². The zero-order valence-corrected chi connectivity index (χ0v) is 23.8. The fourth-order valence-corrected chi connectivity index (χ4v) is 5.29. The Balaban J connectivity index is 1.58. The maximum atomic E-state index is 12.4. The fourth-order valence-electron chi connectivity index (χ4n) is 5.29. The summed E-state index contributed by atoms with van der Waals surface area (Å²) in [6.45, 7) is 6.73. The summed E-state index contributed by atoms with van der Waals surface area (Å²) in [5.74, 6) is 2.11. The summed E-state index contributed by atoms with van der Waals surface area (Å²) in [4.78, 5) is 19.3. The molecule has 1 aliphatic heterocycles. The molecule has 4 heteroatoms. The van der Waals surface area contributed by atoms with Crippen LogP contribution in [0.3, 0.4) is 0 Å². The average Bonchev–Trinajstić information content (AvgIpc) is 2.88. The van der Waals surface area contributed by atoms with E-state index in [9.17, 15) is 4.79 Å². The van der Waals surface area contributed by atoms with Crippen LogP contribution < -0.4 is 9.64 Å². The standard InChI is InChI=1S/C32H56N2O2/c1-3-5-7-9-11-13-15-17-19-21-23-34-28-30(35)25-29-26-31(27-33-32(29)34)36-24-22-20-18-16-14-12-10-8-6-4-2/h26-27H,3-25,28H2,1-2H3. The first-order valence-corrected chi connectivity index (χ1v) is 15.6. The summed E-state index contributed by atoms with van der Waals surface area (Å²) in [6.07, 6.45) is 28.9. The molecule has 1 aromatic heterocycles. The molecule has 4 nitrogen and oxygen atoms in total. The highest BCUT2D eigenvalue weighted by atomic mass is 16.5. The van der Waals surface area contributed by atoms with E-state index in [0.717, 1.165) is 43.1 Å². The maximum Gasteiger partial charge on any atom is 0.156 e. The second-order valence-corrected chi connectivity index (χ2v) is 11.0. The second-order valence-electron chi connectivity index (χ2n) is 11.0. The Bertz CT molecular complexity index is 691. The van der Waals surface area contributed by atoms with Gasteiger partial charge in [0.15, 0.2) is 5.78 Å². The molecular weight excluding hydrogens is 444 g/mol. The molecule has 0 saturated carbocycles. The Morgan fingerprint density at radius 2 is 1.22 bits per heavy atom. The number of Topliss-reactive ketones (excluding diaryl/α,β-unsaturated/α-hetero) is 1. The number of aromatic nitrogens is 1. The second kappa shape index (κ2) is 20.5. The van der Waals surface area contributed by atoms with Crippen molar-refractivity contribution in [3.8, 4) is 5.75 Å². The summed E-state index contributed by atoms with van der Waals surface area (Å²) >= 11 is 0. The van der Waals surface area contributed by atoms with Crippen molar-refractivity contribution in [1.82, 2.24) is 4.98 Å². The predicted molar refractivity (Wildman–Crippen MR) is 154 cm³/mol. The van der Waals surface area contributed by atoms with Crippen molar-refractivity contribution in [2.45, 2.75) is 149 Å². The van der Waals surface area contributed by atoms with Crippen LogP contribution in [0.25, 0.3) is 0 Å². The molecule has 36 heavy (non-hydrogen) atoms. The molecule has 0 atom stereocenters. The Morgan fingerprint density at radius 1 is 0.722 bits per heavy atom. The highest BCUT2D eigenvalue weighted by Crippen LogP contribution is 2.27. The van der Waals surface area contributed by atoms with Crippen LogP contribution in [0.15, 0.2) is 12.3 Å². The first-order valence-electron chi connectivity index (χ1n) is 15.6. The zero-order chi connectivity index (χ0) is 25.7. The van der Waals surface area contributed by atoms with Gasteiger partial charge in [0, 0.05) is 18.5 Å². The molecular formula is C32H56N2O2. The Morgan fingerprint density at radius 3 is 1.78 bits per heavy atom. The van der Waals surface area contributed by atoms with Crippen molar-refractivity contribution in [2.75, 3.05) is 24.6 Å². The first-order chi connectivity index (χ1) is 17.7. The quantitative estimate of drug-likeness (QED) is 0.140. The number of fused-ring (bicyclic) bond motifs is 1. The van der Waals surface area contributed by atoms with Gasteiger partial charge in [0.05, 0.1) is 19.3 Å². The summed E-state index contributed by atoms with van der Waals surface area (Å²) in [7, 11) is 0. The van der Waals surface area contributed by atoms with Gasteiger partial charge in [0.2, 0.25) is 0 Å². The molecule has 0 unspecified atom stereocenters. The number of carbonyl (C=O) groups excluding carboxylic acids is 1. The van der Waals surface area contributed by atoms with Gasteiger partial charge in [-0.25, -0.2) is 4.98 Å². The molecule has 0 fully saturated rings. The van der Waals surface area contributed by atoms with Gasteiger partial charge >= 0.3 is 0 Å². The first kappa shape index (κ1) is 30.6. The number of carbonyl (C=O) groups is 1. The third-order valence-electron chi connectivity index (χ3n) is 7.52. The van der Waals surface area contributed by atoms with E-state index in [1.807, 2.05) is 6.20 Å². The minimum atomic E-state index is 0.295. The van der Waals surface area contributed by atoms with Crippen molar-refractivity contribution in [3.05, 3.63) is 17.8 Å². The number of hydrogen-bond donors (Lipinski definition) is 0. The normalized spacial score (nSPS) is 13.3. The minimum absolute atomic E-state index is 0.295. The lowest BCUT2D eigenvalue weighted by Gasteiger charge is -2.29. The number of ketones is 1. The average molecular weight is 501 g/mol. The molecule has 206 valence electrons. The number of hydrogen-bond acceptors (Lipinski definition) is 4. The van der Waals surface area contributed by atoms with Gasteiger partial charge in [0.25, 0.3) is 0 Å². The number of anilines is 1. The number of nitrogens with zero attached hydrogens (tertiary/aromatic N) is 2. The van der Waals surface area contributed by atoms with Crippen LogP contribution in [0.5, 0.6) is 5.75 Å². The third kappa shape index (κ3) is 13.7. The maximum absolute atomic E-state index is 12.4. The lowest BCUT2D eigenvalue weighted by Crippen LogP contribution is -2.37. The van der Waals surface area contributed by atoms with E-state index in [4.69, 9.17) is 9.72 Å². The van der Waals surface area contributed by atoms with Gasteiger partial charge in [-0.15, -0.1) is 0 Å². The molecule has 0 aliphatic carbocycles. The molecule has 0 aromatic carbocycles. The zero-order valence-electron chi connectivity index (χ0n) is 23.8. The monoisotopic (exact) mass is 500 g/mol. The summed E-state index contributed by atoms with van der Waals surface area (Å²) in [5, 5.41) is 0. The van der Waals surface area contributed by atoms with Crippen LogP contribution in [-0.4, -0.2) is 30.5 Å². The van der Waals surface area contributed by atoms with Crippen molar-refractivity contribution in [2.24, 2.45) is 0 Å². The van der Waals surface area contributed by atoms with Crippen LogP contribution in [0.1, 0.15) is 148 Å². The highest BCUT2D eigenvalue weighted by molar-refractivity contribution is 5.89. The number of unbranched alkanes of at least 4 members (excludes halogenated alkanes) is 18. The van der Waals surface area contributed by atoms with Crippen molar-refractivity contribution in [1.29, 1.82) is 0 Å². The van der Waals surface area contributed by atoms with E-state index >= 15 is 0 Å². The van der Waals surface area contributed by atoms with E-state index in [1.54, 1.807) is 0 Å². The summed E-state index contributed by atoms with van der Waals surface area (Å²) in [6, 6.07) is 2.06. The van der Waals surface area contributed by atoms with Crippen LogP contribution in [-0.2, 0) is 11.2 Å². The van der Waals surface area contributed by atoms with E-state index in [2.05, 4.69) is 24.8 Å². The van der Waals surface area contributed by atoms with E-state index in [-0.39, 0.29) is 0 Å². The minimum Gasteiger partial charge on any atom is -0.492 e. The fraction of sp³-hybridized carbons (Fsp3) is 0.812. The SMILES string of the molecule is CCCCCCCCCCCCOc1cnc2c(c1)CC(=O)CN2CCCCCCCCCCCC. The van der Waals surface area contributed by atoms with Crippen molar-refractivity contribution in [3.63, 3.8) is 0 Å². The van der Waals surface area contributed by atoms with Gasteiger partial charge < -0.3 is 9.64 Å². The highest BCUT2D eigenvalue weighted by Gasteiger charge is 2.23. The van der Waals surface area contributed by atoms with Crippen LogP contribution >= 0.6 is 0 Å². The molecule has 0 radical (unpaired) electrons. The Hall–Kier alpha value is -1.58. The van der Waals surface area contributed by atoms with Crippen molar-refractivity contribution >= 4 is 11.6 Å². The topological polar surface area (TPSA) is 42.4 Å². The molecule has 2 rings (SSSR count). The summed E-state index contributed by atoms with van der Waals surface area (Å²) in [5.41, 5.74) is 1.04. The third-order valence-corrected chi connectivity index (χ3v) is 7.52. The molecule has 1 aliphatic rings. The Kier molecular flexibility index (Phi) is 17.4. The van der Waals surface area contributed by atoms with E-state index in [0.29, 0.717) is 18.7 Å². The van der Waals surface area contributed by atoms with Crippen LogP contribution in [0.4, 0.5) is 5.82 Å². The molecule has 0 saturated heterocycles. The molecule has 0 N–H and O–H groups in total. The smallest absolute Gasteiger partial charge is 0.156 e. The summed E-state index contributed by atoms with van der Waals surface area (Å²) < 4.78 is 5.99. The van der Waals surface area contributed by atoms with Gasteiger partial charge in [0.1, 0.15) is 11.6 Å². The predicted octanol–water partition coefficient (Wildman–Crippen LogP) is 9.23. The van der Waals surface area contributed by atoms with Crippen molar-refractivity contribution < 1.29 is 9.53 Å². The molecule has 1 aromatic rings. The van der Waals surface area contributed by atoms with Gasteiger partial charge in [-0.2, -0.15) is 0 Å². The molecule has 0 bridgehead atoms. The van der Waals surface area contributed by atoms with E-state index < -0.39 is 0 Å². The van der Waals surface area contributed by atoms with Crippen LogP contribution in [0.2, 0.25) is 0 Å². The van der Waals surface area contributed by atoms with Crippen LogP contribution in [0, 0.1) is 0 Å². The Labute approximate surface area is 223 Å². The largest absolute Gasteiger partial charge is 0.492 e. The van der Waals surface area contributed by atoms with E-state index in [1.165, 1.54) is 116 Å². The molecule has 2 heterocycles. The molecule has 0 spiro atoms. The molecule has 0 amide bonds. The number of ether oxygens (including phenoxy) is 1. The lowest BCUT2D eigenvalue weighted by atomic mass is 10.0. The van der Waals surface area contributed by atoms with Gasteiger partial charge in [-0.1, -0.05) is 129 Å². The number of pyridine rings is 1. The number of rotatable bonds is 23. The lowest BCUT2D eigenvalue weighted by molar-refractivity contribution is -0.117. The van der Waals surface area contributed by atoms with Gasteiger partial charge in [-0.05, 0) is 18.9 Å².